The summed E-state index contributed by atoms with van der Waals surface area (Å²) in [4.78, 5) is 12.6. The number of nitrogens with zero attached hydrogens (tertiary/aromatic N) is 1. The van der Waals surface area contributed by atoms with Gasteiger partial charge in [0.2, 0.25) is 5.91 Å². The molecule has 0 aromatic carbocycles. The second-order valence-corrected chi connectivity index (χ2v) is 3.19. The Hall–Kier alpha value is -1.23. The number of ether oxygens (including phenoxy) is 1. The smallest absolute Gasteiger partial charge is 0.219 e. The molecule has 0 aromatic heterocycles. The van der Waals surface area contributed by atoms with E-state index in [2.05, 4.69) is 16.8 Å². The Kier molecular flexibility index (Phi) is 4.25. The van der Waals surface area contributed by atoms with Gasteiger partial charge < -0.3 is 20.7 Å². The predicted octanol–water partition coefficient (Wildman–Crippen LogP) is -0.745. The summed E-state index contributed by atoms with van der Waals surface area (Å²) in [6.07, 6.45) is 0.337. The Morgan fingerprint density at radius 2 is 2.14 bits per heavy atom. The molecule has 1 saturated heterocycles. The highest BCUT2D eigenvalue weighted by Gasteiger charge is 2.11. The van der Waals surface area contributed by atoms with Crippen LogP contribution < -0.4 is 11.1 Å². The molecule has 0 bridgehead atoms. The molecule has 1 fully saturated rings. The van der Waals surface area contributed by atoms with Crippen LogP contribution in [-0.2, 0) is 9.53 Å². The first kappa shape index (κ1) is 10.8. The highest BCUT2D eigenvalue weighted by molar-refractivity contribution is 5.73. The zero-order valence-corrected chi connectivity index (χ0v) is 8.29. The van der Waals surface area contributed by atoms with Crippen LogP contribution in [0.15, 0.2) is 12.4 Å². The molecular formula is C9H17N3O2. The molecule has 0 aliphatic carbocycles. The van der Waals surface area contributed by atoms with Crippen molar-refractivity contribution in [1.29, 1.82) is 0 Å². The van der Waals surface area contributed by atoms with Gasteiger partial charge in [-0.25, -0.2) is 0 Å². The first-order valence-corrected chi connectivity index (χ1v) is 4.74. The lowest BCUT2D eigenvalue weighted by atomic mass is 10.4. The first-order valence-electron chi connectivity index (χ1n) is 4.74. The Bertz CT molecular complexity index is 212. The summed E-state index contributed by atoms with van der Waals surface area (Å²) in [5, 5.41) is 3.06. The van der Waals surface area contributed by atoms with E-state index in [9.17, 15) is 4.79 Å². The standard InChI is InChI=1S/C9H17N3O2/c1-8(11-3-2-9(10)13)12-4-6-14-7-5-12/h11H,1-7H2,(H2,10,13). The van der Waals surface area contributed by atoms with E-state index in [4.69, 9.17) is 10.5 Å². The molecule has 0 saturated carbocycles. The second kappa shape index (κ2) is 5.49. The minimum absolute atomic E-state index is 0.299. The van der Waals surface area contributed by atoms with Gasteiger partial charge in [0.05, 0.1) is 19.0 Å². The van der Waals surface area contributed by atoms with Gasteiger partial charge in [0, 0.05) is 26.1 Å². The highest BCUT2D eigenvalue weighted by atomic mass is 16.5. The molecule has 5 nitrogen and oxygen atoms in total. The maximum Gasteiger partial charge on any atom is 0.219 e. The Morgan fingerprint density at radius 1 is 1.50 bits per heavy atom. The van der Waals surface area contributed by atoms with E-state index in [1.165, 1.54) is 0 Å². The van der Waals surface area contributed by atoms with Crippen molar-refractivity contribution in [3.8, 4) is 0 Å². The van der Waals surface area contributed by atoms with Crippen molar-refractivity contribution in [2.24, 2.45) is 5.73 Å². The fourth-order valence-electron chi connectivity index (χ4n) is 1.28. The Balaban J connectivity index is 2.16. The van der Waals surface area contributed by atoms with E-state index in [0.717, 1.165) is 32.1 Å². The van der Waals surface area contributed by atoms with Gasteiger partial charge in [-0.15, -0.1) is 0 Å². The zero-order valence-electron chi connectivity index (χ0n) is 8.29. The minimum Gasteiger partial charge on any atom is -0.378 e. The maximum absolute atomic E-state index is 10.5. The van der Waals surface area contributed by atoms with Crippen LogP contribution >= 0.6 is 0 Å². The lowest BCUT2D eigenvalue weighted by Gasteiger charge is -2.30. The summed E-state index contributed by atoms with van der Waals surface area (Å²) in [6, 6.07) is 0. The van der Waals surface area contributed by atoms with Crippen molar-refractivity contribution in [3.63, 3.8) is 0 Å². The van der Waals surface area contributed by atoms with Crippen LogP contribution in [0.5, 0.6) is 0 Å². The van der Waals surface area contributed by atoms with Crippen molar-refractivity contribution in [2.45, 2.75) is 6.42 Å². The minimum atomic E-state index is -0.299. The molecule has 1 heterocycles. The average molecular weight is 199 g/mol. The number of hydrogen-bond acceptors (Lipinski definition) is 4. The van der Waals surface area contributed by atoms with Gasteiger partial charge >= 0.3 is 0 Å². The summed E-state index contributed by atoms with van der Waals surface area (Å²) in [5.74, 6) is 0.543. The van der Waals surface area contributed by atoms with Crippen molar-refractivity contribution >= 4 is 5.91 Å². The highest BCUT2D eigenvalue weighted by Crippen LogP contribution is 2.02. The monoisotopic (exact) mass is 199 g/mol. The molecule has 0 unspecified atom stereocenters. The summed E-state index contributed by atoms with van der Waals surface area (Å²) >= 11 is 0. The zero-order chi connectivity index (χ0) is 10.4. The molecule has 0 spiro atoms. The average Bonchev–Trinajstić information content (AvgIpc) is 2.18. The number of carbonyl (C=O) groups is 1. The summed E-state index contributed by atoms with van der Waals surface area (Å²) in [7, 11) is 0. The number of morpholine rings is 1. The third-order valence-electron chi connectivity index (χ3n) is 2.09. The van der Waals surface area contributed by atoms with Crippen LogP contribution in [0.4, 0.5) is 0 Å². The normalized spacial score (nSPS) is 16.4. The fourth-order valence-corrected chi connectivity index (χ4v) is 1.28. The number of hydrogen-bond donors (Lipinski definition) is 2. The fraction of sp³-hybridized carbons (Fsp3) is 0.667. The van der Waals surface area contributed by atoms with Gasteiger partial charge in [-0.2, -0.15) is 0 Å². The molecule has 80 valence electrons. The van der Waals surface area contributed by atoms with Crippen LogP contribution in [0.3, 0.4) is 0 Å². The maximum atomic E-state index is 10.5. The molecule has 0 atom stereocenters. The lowest BCUT2D eigenvalue weighted by molar-refractivity contribution is -0.117. The molecular weight excluding hydrogens is 182 g/mol. The van der Waals surface area contributed by atoms with Crippen LogP contribution in [-0.4, -0.2) is 43.7 Å². The SMILES string of the molecule is C=C(NCCC(N)=O)N1CCOCC1. The van der Waals surface area contributed by atoms with Gasteiger partial charge in [-0.05, 0) is 0 Å². The molecule has 0 radical (unpaired) electrons. The van der Waals surface area contributed by atoms with Crippen LogP contribution in [0, 0.1) is 0 Å². The van der Waals surface area contributed by atoms with Gasteiger partial charge in [0.1, 0.15) is 0 Å². The number of carbonyl (C=O) groups excluding carboxylic acids is 1. The topological polar surface area (TPSA) is 67.6 Å². The number of nitrogens with one attached hydrogen (secondary N) is 1. The third kappa shape index (κ3) is 3.66. The summed E-state index contributed by atoms with van der Waals surface area (Å²) in [5.41, 5.74) is 5.01. The first-order chi connectivity index (χ1) is 6.70. The largest absolute Gasteiger partial charge is 0.378 e. The molecule has 3 N–H and O–H groups in total. The lowest BCUT2D eigenvalue weighted by Crippen LogP contribution is -2.40. The molecule has 1 aliphatic rings. The van der Waals surface area contributed by atoms with E-state index in [1.807, 2.05) is 0 Å². The van der Waals surface area contributed by atoms with Crippen LogP contribution in [0.25, 0.3) is 0 Å². The summed E-state index contributed by atoms with van der Waals surface area (Å²) in [6.45, 7) is 7.59. The molecule has 0 aromatic rings. The number of amides is 1. The van der Waals surface area contributed by atoms with E-state index in [-0.39, 0.29) is 5.91 Å². The van der Waals surface area contributed by atoms with Gasteiger partial charge in [-0.1, -0.05) is 6.58 Å². The van der Waals surface area contributed by atoms with Crippen LogP contribution in [0.1, 0.15) is 6.42 Å². The van der Waals surface area contributed by atoms with E-state index >= 15 is 0 Å². The van der Waals surface area contributed by atoms with E-state index in [0.29, 0.717) is 13.0 Å². The number of primary amides is 1. The van der Waals surface area contributed by atoms with Crippen molar-refractivity contribution in [3.05, 3.63) is 12.4 Å². The van der Waals surface area contributed by atoms with E-state index < -0.39 is 0 Å². The van der Waals surface area contributed by atoms with Crippen molar-refractivity contribution in [1.82, 2.24) is 10.2 Å². The number of rotatable bonds is 5. The van der Waals surface area contributed by atoms with E-state index in [1.54, 1.807) is 0 Å². The quantitative estimate of drug-likeness (QED) is 0.611. The summed E-state index contributed by atoms with van der Waals surface area (Å²) < 4.78 is 5.21. The Morgan fingerprint density at radius 3 is 2.71 bits per heavy atom. The molecule has 1 rings (SSSR count). The molecule has 1 aliphatic heterocycles. The molecule has 1 amide bonds. The Labute approximate surface area is 83.9 Å². The van der Waals surface area contributed by atoms with Crippen molar-refractivity contribution in [2.75, 3.05) is 32.8 Å². The third-order valence-corrected chi connectivity index (χ3v) is 2.09. The number of nitrogens with two attached hydrogens (primary N) is 1. The van der Waals surface area contributed by atoms with Gasteiger partial charge in [0.25, 0.3) is 0 Å². The van der Waals surface area contributed by atoms with Crippen LogP contribution in [0.2, 0.25) is 0 Å². The molecule has 5 heteroatoms. The second-order valence-electron chi connectivity index (χ2n) is 3.19. The van der Waals surface area contributed by atoms with Gasteiger partial charge in [0.15, 0.2) is 0 Å². The molecule has 14 heavy (non-hydrogen) atoms. The van der Waals surface area contributed by atoms with Gasteiger partial charge in [-0.3, -0.25) is 4.79 Å². The van der Waals surface area contributed by atoms with Crippen molar-refractivity contribution < 1.29 is 9.53 Å². The predicted molar refractivity (Wildman–Crippen MR) is 53.3 cm³/mol.